The van der Waals surface area contributed by atoms with Gasteiger partial charge >= 0.3 is 0 Å². The zero-order chi connectivity index (χ0) is 21.8. The second-order valence-corrected chi connectivity index (χ2v) is 8.41. The molecule has 2 aromatic carbocycles. The molecule has 4 aromatic rings. The van der Waals surface area contributed by atoms with E-state index in [1.807, 2.05) is 41.8 Å². The van der Waals surface area contributed by atoms with E-state index in [4.69, 9.17) is 0 Å². The standard InChI is InChI=1S/C21H17F2N5OS2/c1-13-26-27-21(28(13)10-14-5-3-2-4-6-14)31-12-19(29)25-20-24-18(11-30-20)15-7-8-16(22)17(23)9-15/h2-9,11H,10,12H2,1H3,(H,24,25,29). The lowest BCUT2D eigenvalue weighted by Gasteiger charge is -2.08. The van der Waals surface area contributed by atoms with Crippen LogP contribution in [0.3, 0.4) is 0 Å². The molecular weight excluding hydrogens is 440 g/mol. The van der Waals surface area contributed by atoms with Crippen LogP contribution in [0.4, 0.5) is 13.9 Å². The Hall–Kier alpha value is -3.11. The van der Waals surface area contributed by atoms with Crippen molar-refractivity contribution in [1.82, 2.24) is 19.7 Å². The lowest BCUT2D eigenvalue weighted by Crippen LogP contribution is -2.14. The van der Waals surface area contributed by atoms with Crippen LogP contribution in [-0.2, 0) is 11.3 Å². The Balaban J connectivity index is 1.37. The highest BCUT2D eigenvalue weighted by Gasteiger charge is 2.14. The van der Waals surface area contributed by atoms with E-state index in [2.05, 4.69) is 20.5 Å². The SMILES string of the molecule is Cc1nnc(SCC(=O)Nc2nc(-c3ccc(F)c(F)c3)cs2)n1Cc1ccccc1. The molecule has 10 heteroatoms. The molecule has 1 N–H and O–H groups in total. The average Bonchev–Trinajstić information content (AvgIpc) is 3.36. The predicted octanol–water partition coefficient (Wildman–Crippen LogP) is 4.77. The Kier molecular flexibility index (Phi) is 6.38. The van der Waals surface area contributed by atoms with Gasteiger partial charge in [-0.2, -0.15) is 0 Å². The smallest absolute Gasteiger partial charge is 0.236 e. The molecule has 4 rings (SSSR count). The zero-order valence-electron chi connectivity index (χ0n) is 16.4. The van der Waals surface area contributed by atoms with E-state index in [-0.39, 0.29) is 11.7 Å². The van der Waals surface area contributed by atoms with Gasteiger partial charge in [0.1, 0.15) is 5.82 Å². The molecule has 0 fully saturated rings. The Bertz CT molecular complexity index is 1210. The van der Waals surface area contributed by atoms with Crippen LogP contribution in [0.1, 0.15) is 11.4 Å². The Morgan fingerprint density at radius 3 is 2.71 bits per heavy atom. The molecule has 31 heavy (non-hydrogen) atoms. The molecule has 0 spiro atoms. The average molecular weight is 458 g/mol. The second-order valence-electron chi connectivity index (χ2n) is 6.61. The lowest BCUT2D eigenvalue weighted by atomic mass is 10.2. The van der Waals surface area contributed by atoms with Crippen LogP contribution in [-0.4, -0.2) is 31.4 Å². The minimum Gasteiger partial charge on any atom is -0.302 e. The van der Waals surface area contributed by atoms with Gasteiger partial charge in [0.05, 0.1) is 18.0 Å². The van der Waals surface area contributed by atoms with Crippen LogP contribution < -0.4 is 5.32 Å². The summed E-state index contributed by atoms with van der Waals surface area (Å²) in [5.41, 5.74) is 2.02. The number of thiazole rings is 1. The number of nitrogens with zero attached hydrogens (tertiary/aromatic N) is 4. The number of rotatable bonds is 7. The van der Waals surface area contributed by atoms with Gasteiger partial charge in [0.25, 0.3) is 0 Å². The molecular formula is C21H17F2N5OS2. The number of aryl methyl sites for hydroxylation is 1. The van der Waals surface area contributed by atoms with E-state index in [0.717, 1.165) is 23.5 Å². The van der Waals surface area contributed by atoms with Gasteiger partial charge in [0.15, 0.2) is 21.9 Å². The number of carbonyl (C=O) groups excluding carboxylic acids is 1. The predicted molar refractivity (Wildman–Crippen MR) is 117 cm³/mol. The van der Waals surface area contributed by atoms with Crippen LogP contribution in [0.25, 0.3) is 11.3 Å². The van der Waals surface area contributed by atoms with Gasteiger partial charge in [-0.05, 0) is 30.7 Å². The normalized spacial score (nSPS) is 10.9. The molecule has 158 valence electrons. The molecule has 1 amide bonds. The number of hydrogen-bond acceptors (Lipinski definition) is 6. The number of carbonyl (C=O) groups is 1. The fourth-order valence-electron chi connectivity index (χ4n) is 2.82. The van der Waals surface area contributed by atoms with E-state index < -0.39 is 11.6 Å². The Morgan fingerprint density at radius 1 is 1.13 bits per heavy atom. The molecule has 0 aliphatic rings. The topological polar surface area (TPSA) is 72.7 Å². The fourth-order valence-corrected chi connectivity index (χ4v) is 4.34. The third kappa shape index (κ3) is 5.15. The van der Waals surface area contributed by atoms with Gasteiger partial charge in [0.2, 0.25) is 5.91 Å². The first-order chi connectivity index (χ1) is 15.0. The number of benzene rings is 2. The van der Waals surface area contributed by atoms with Crippen molar-refractivity contribution < 1.29 is 13.6 Å². The zero-order valence-corrected chi connectivity index (χ0v) is 18.0. The lowest BCUT2D eigenvalue weighted by molar-refractivity contribution is -0.113. The maximum atomic E-state index is 13.4. The van der Waals surface area contributed by atoms with Crippen LogP contribution in [0.5, 0.6) is 0 Å². The first-order valence-electron chi connectivity index (χ1n) is 9.27. The summed E-state index contributed by atoms with van der Waals surface area (Å²) in [6.45, 7) is 2.49. The molecule has 2 aromatic heterocycles. The molecule has 0 bridgehead atoms. The molecule has 2 heterocycles. The maximum absolute atomic E-state index is 13.4. The van der Waals surface area contributed by atoms with Crippen molar-refractivity contribution in [3.8, 4) is 11.3 Å². The number of thioether (sulfide) groups is 1. The third-order valence-electron chi connectivity index (χ3n) is 4.38. The molecule has 6 nitrogen and oxygen atoms in total. The summed E-state index contributed by atoms with van der Waals surface area (Å²) in [7, 11) is 0. The molecule has 0 aliphatic heterocycles. The van der Waals surface area contributed by atoms with Crippen LogP contribution >= 0.6 is 23.1 Å². The van der Waals surface area contributed by atoms with Crippen molar-refractivity contribution in [1.29, 1.82) is 0 Å². The van der Waals surface area contributed by atoms with E-state index in [0.29, 0.717) is 28.1 Å². The van der Waals surface area contributed by atoms with Gasteiger partial charge in [-0.15, -0.1) is 21.5 Å². The molecule has 0 aliphatic carbocycles. The number of hydrogen-bond donors (Lipinski definition) is 1. The first-order valence-corrected chi connectivity index (χ1v) is 11.1. The van der Waals surface area contributed by atoms with Crippen molar-refractivity contribution >= 4 is 34.1 Å². The first kappa shape index (κ1) is 21.1. The Morgan fingerprint density at radius 2 is 1.94 bits per heavy atom. The highest BCUT2D eigenvalue weighted by Crippen LogP contribution is 2.26. The third-order valence-corrected chi connectivity index (χ3v) is 6.11. The van der Waals surface area contributed by atoms with Crippen LogP contribution in [0.15, 0.2) is 59.1 Å². The number of halogens is 2. The summed E-state index contributed by atoms with van der Waals surface area (Å²) in [5, 5.41) is 13.7. The van der Waals surface area contributed by atoms with E-state index in [1.54, 1.807) is 5.38 Å². The summed E-state index contributed by atoms with van der Waals surface area (Å²) in [5.74, 6) is -1.21. The molecule has 0 radical (unpaired) electrons. The number of amides is 1. The molecule has 0 saturated carbocycles. The molecule has 0 unspecified atom stereocenters. The number of anilines is 1. The minimum absolute atomic E-state index is 0.132. The largest absolute Gasteiger partial charge is 0.302 e. The van der Waals surface area contributed by atoms with Gasteiger partial charge in [-0.25, -0.2) is 13.8 Å². The van der Waals surface area contributed by atoms with Gasteiger partial charge in [-0.1, -0.05) is 42.1 Å². The van der Waals surface area contributed by atoms with E-state index >= 15 is 0 Å². The maximum Gasteiger partial charge on any atom is 0.236 e. The van der Waals surface area contributed by atoms with Crippen molar-refractivity contribution in [3.05, 3.63) is 76.9 Å². The Labute approximate surface area is 185 Å². The van der Waals surface area contributed by atoms with Gasteiger partial charge in [-0.3, -0.25) is 4.79 Å². The molecule has 0 atom stereocenters. The number of aromatic nitrogens is 4. The van der Waals surface area contributed by atoms with Crippen molar-refractivity contribution in [2.45, 2.75) is 18.6 Å². The summed E-state index contributed by atoms with van der Waals surface area (Å²) in [6.07, 6.45) is 0. The van der Waals surface area contributed by atoms with Crippen molar-refractivity contribution in [2.75, 3.05) is 11.1 Å². The quantitative estimate of drug-likeness (QED) is 0.405. The summed E-state index contributed by atoms with van der Waals surface area (Å²) < 4.78 is 28.5. The highest BCUT2D eigenvalue weighted by molar-refractivity contribution is 7.99. The van der Waals surface area contributed by atoms with Crippen LogP contribution in [0.2, 0.25) is 0 Å². The summed E-state index contributed by atoms with van der Waals surface area (Å²) in [6, 6.07) is 13.5. The second kappa shape index (κ2) is 9.36. The summed E-state index contributed by atoms with van der Waals surface area (Å²) >= 11 is 2.50. The minimum atomic E-state index is -0.942. The van der Waals surface area contributed by atoms with Crippen molar-refractivity contribution in [3.63, 3.8) is 0 Å². The van der Waals surface area contributed by atoms with Crippen molar-refractivity contribution in [2.24, 2.45) is 0 Å². The monoisotopic (exact) mass is 457 g/mol. The van der Waals surface area contributed by atoms with E-state index in [1.165, 1.54) is 29.2 Å². The van der Waals surface area contributed by atoms with Gasteiger partial charge < -0.3 is 9.88 Å². The van der Waals surface area contributed by atoms with Crippen LogP contribution in [0, 0.1) is 18.6 Å². The van der Waals surface area contributed by atoms with Gasteiger partial charge in [0, 0.05) is 10.9 Å². The summed E-state index contributed by atoms with van der Waals surface area (Å²) in [4.78, 5) is 16.7. The van der Waals surface area contributed by atoms with E-state index in [9.17, 15) is 13.6 Å². The fraction of sp³-hybridized carbons (Fsp3) is 0.143. The number of nitrogens with one attached hydrogen (secondary N) is 1. The molecule has 0 saturated heterocycles. The highest BCUT2D eigenvalue weighted by atomic mass is 32.2.